The van der Waals surface area contributed by atoms with Gasteiger partial charge in [-0.2, -0.15) is 0 Å². The molecule has 3 aromatic carbocycles. The Morgan fingerprint density at radius 1 is 0.526 bits per heavy atom. The van der Waals surface area contributed by atoms with Gasteiger partial charge >= 0.3 is 14.2 Å². The van der Waals surface area contributed by atoms with Crippen molar-refractivity contribution in [1.29, 1.82) is 0 Å². The van der Waals surface area contributed by atoms with Crippen molar-refractivity contribution in [3.8, 4) is 11.5 Å². The quantitative estimate of drug-likeness (QED) is 0.322. The molecule has 8 heteroatoms. The number of anilines is 3. The first-order valence-electron chi connectivity index (χ1n) is 13.3. The van der Waals surface area contributed by atoms with E-state index in [-0.39, 0.29) is 0 Å². The highest BCUT2D eigenvalue weighted by atomic mass is 16.7. The summed E-state index contributed by atoms with van der Waals surface area (Å²) in [4.78, 5) is 2.22. The van der Waals surface area contributed by atoms with Crippen LogP contribution in [0.1, 0.15) is 55.4 Å². The zero-order valence-electron chi connectivity index (χ0n) is 23.5. The molecule has 0 spiro atoms. The van der Waals surface area contributed by atoms with Gasteiger partial charge in [-0.1, -0.05) is 30.3 Å². The van der Waals surface area contributed by atoms with Crippen LogP contribution in [0.15, 0.2) is 66.7 Å². The summed E-state index contributed by atoms with van der Waals surface area (Å²) in [5.41, 5.74) is 3.10. The molecule has 0 aliphatic carbocycles. The third-order valence-corrected chi connectivity index (χ3v) is 8.73. The summed E-state index contributed by atoms with van der Waals surface area (Å²) in [6.45, 7) is 16.5. The number of hydrogen-bond acceptors (Lipinski definition) is 6. The molecule has 6 nitrogen and oxygen atoms in total. The van der Waals surface area contributed by atoms with E-state index in [1.807, 2.05) is 30.3 Å². The Hall–Kier alpha value is -2.77. The molecule has 0 atom stereocenters. The lowest BCUT2D eigenvalue weighted by Gasteiger charge is -2.33. The molecule has 3 heterocycles. The van der Waals surface area contributed by atoms with E-state index in [9.17, 15) is 0 Å². The first-order valence-corrected chi connectivity index (χ1v) is 13.3. The highest BCUT2D eigenvalue weighted by Gasteiger charge is 2.53. The molecule has 2 fully saturated rings. The molecule has 0 aromatic heterocycles. The Labute approximate surface area is 226 Å². The predicted octanol–water partition coefficient (Wildman–Crippen LogP) is 5.86. The molecule has 196 valence electrons. The van der Waals surface area contributed by atoms with E-state index in [2.05, 4.69) is 96.7 Å². The molecular weight excluding hydrogens is 476 g/mol. The molecule has 3 aromatic rings. The smallest absolute Gasteiger partial charge is 0.453 e. The van der Waals surface area contributed by atoms with Crippen LogP contribution in [0.3, 0.4) is 0 Å². The summed E-state index contributed by atoms with van der Waals surface area (Å²) in [6.07, 6.45) is 0. The number of hydrogen-bond donors (Lipinski definition) is 0. The van der Waals surface area contributed by atoms with Gasteiger partial charge in [0.15, 0.2) is 11.5 Å². The van der Waals surface area contributed by atoms with Crippen molar-refractivity contribution < 1.29 is 23.4 Å². The molecule has 0 unspecified atom stereocenters. The molecule has 0 bridgehead atoms. The highest BCUT2D eigenvalue weighted by Crippen LogP contribution is 2.50. The van der Waals surface area contributed by atoms with Crippen molar-refractivity contribution in [3.63, 3.8) is 0 Å². The fourth-order valence-corrected chi connectivity index (χ4v) is 4.95. The van der Waals surface area contributed by atoms with Crippen LogP contribution in [0, 0.1) is 0 Å². The Kier molecular flexibility index (Phi) is 5.61. The summed E-state index contributed by atoms with van der Waals surface area (Å²) in [7, 11) is -0.951. The number of benzene rings is 3. The van der Waals surface area contributed by atoms with Crippen molar-refractivity contribution in [2.24, 2.45) is 0 Å². The van der Waals surface area contributed by atoms with Crippen LogP contribution in [0.2, 0.25) is 0 Å². The zero-order chi connectivity index (χ0) is 27.1. The van der Waals surface area contributed by atoms with Crippen molar-refractivity contribution in [1.82, 2.24) is 0 Å². The zero-order valence-corrected chi connectivity index (χ0v) is 23.5. The van der Waals surface area contributed by atoms with Crippen LogP contribution >= 0.6 is 0 Å². The van der Waals surface area contributed by atoms with Gasteiger partial charge in [0, 0.05) is 5.69 Å². The van der Waals surface area contributed by atoms with E-state index < -0.39 is 36.6 Å². The minimum Gasteiger partial charge on any atom is -0.453 e. The number of rotatable bonds is 3. The topological polar surface area (TPSA) is 49.4 Å². The van der Waals surface area contributed by atoms with Crippen molar-refractivity contribution in [3.05, 3.63) is 66.7 Å². The Morgan fingerprint density at radius 3 is 1.32 bits per heavy atom. The Bertz CT molecular complexity index is 1270. The van der Waals surface area contributed by atoms with E-state index in [1.165, 1.54) is 0 Å². The van der Waals surface area contributed by atoms with Crippen LogP contribution < -0.4 is 20.6 Å². The SMILES string of the molecule is CC1(C)OB(c2ccc3c(c2)Oc2cc(B4OC(C)(C)C(C)(C)O4)ccc2N3c2ccccc2)OC1(C)C. The molecule has 0 N–H and O–H groups in total. The minimum atomic E-state index is -0.475. The second kappa shape index (κ2) is 8.36. The van der Waals surface area contributed by atoms with E-state index in [4.69, 9.17) is 23.4 Å². The van der Waals surface area contributed by atoms with Gasteiger partial charge < -0.3 is 28.3 Å². The molecule has 38 heavy (non-hydrogen) atoms. The van der Waals surface area contributed by atoms with E-state index in [1.54, 1.807) is 0 Å². The van der Waals surface area contributed by atoms with Gasteiger partial charge in [-0.15, -0.1) is 0 Å². The van der Waals surface area contributed by atoms with Crippen LogP contribution in [-0.4, -0.2) is 36.6 Å². The lowest BCUT2D eigenvalue weighted by molar-refractivity contribution is 0.00578. The molecule has 6 rings (SSSR count). The predicted molar refractivity (Wildman–Crippen MR) is 153 cm³/mol. The van der Waals surface area contributed by atoms with Crippen LogP contribution in [0.5, 0.6) is 11.5 Å². The third kappa shape index (κ3) is 3.97. The standard InChI is InChI=1S/C30H35B2NO5/c1-27(2)28(3,4)36-31(35-27)20-14-16-23-25(18-20)34-26-19-21(32-37-29(5,6)30(7,8)38-32)15-17-24(26)33(23)22-12-10-9-11-13-22/h9-19H,1-8H3. The minimum absolute atomic E-state index is 0.422. The number of ether oxygens (including phenoxy) is 1. The highest BCUT2D eigenvalue weighted by molar-refractivity contribution is 6.62. The van der Waals surface area contributed by atoms with Crippen LogP contribution in [0.4, 0.5) is 17.1 Å². The van der Waals surface area contributed by atoms with Gasteiger partial charge in [0.1, 0.15) is 0 Å². The average molecular weight is 511 g/mol. The normalized spacial score (nSPS) is 22.2. The molecule has 0 amide bonds. The third-order valence-electron chi connectivity index (χ3n) is 8.73. The summed E-state index contributed by atoms with van der Waals surface area (Å²) < 4.78 is 31.9. The summed E-state index contributed by atoms with van der Waals surface area (Å²) in [5, 5.41) is 0. The lowest BCUT2D eigenvalue weighted by atomic mass is 9.78. The Balaban J connectivity index is 1.41. The number of fused-ring (bicyclic) bond motifs is 2. The maximum absolute atomic E-state index is 6.57. The molecule has 3 aliphatic rings. The molecule has 2 saturated heterocycles. The summed E-state index contributed by atoms with van der Waals surface area (Å²) >= 11 is 0. The van der Waals surface area contributed by atoms with Crippen LogP contribution in [-0.2, 0) is 18.6 Å². The largest absolute Gasteiger partial charge is 0.494 e. The average Bonchev–Trinajstić information content (AvgIpc) is 3.21. The second-order valence-electron chi connectivity index (χ2n) is 12.4. The Morgan fingerprint density at radius 2 is 0.921 bits per heavy atom. The second-order valence-corrected chi connectivity index (χ2v) is 12.4. The number of nitrogens with zero attached hydrogens (tertiary/aromatic N) is 1. The first-order chi connectivity index (χ1) is 17.8. The lowest BCUT2D eigenvalue weighted by Crippen LogP contribution is -2.41. The van der Waals surface area contributed by atoms with Crippen molar-refractivity contribution >= 4 is 42.2 Å². The van der Waals surface area contributed by atoms with Crippen molar-refractivity contribution in [2.75, 3.05) is 4.90 Å². The molecule has 0 saturated carbocycles. The summed E-state index contributed by atoms with van der Waals surface area (Å²) in [5.74, 6) is 1.47. The maximum Gasteiger partial charge on any atom is 0.494 e. The van der Waals surface area contributed by atoms with Crippen molar-refractivity contribution in [2.45, 2.75) is 77.8 Å². The molecule has 0 radical (unpaired) electrons. The van der Waals surface area contributed by atoms with Gasteiger partial charge in [-0.3, -0.25) is 0 Å². The van der Waals surface area contributed by atoms with Gasteiger partial charge in [0.25, 0.3) is 0 Å². The number of para-hydroxylation sites is 1. The fraction of sp³-hybridized carbons (Fsp3) is 0.400. The molecule has 3 aliphatic heterocycles. The van der Waals surface area contributed by atoms with Gasteiger partial charge in [-0.25, -0.2) is 0 Å². The fourth-order valence-electron chi connectivity index (χ4n) is 4.95. The van der Waals surface area contributed by atoms with Gasteiger partial charge in [0.2, 0.25) is 0 Å². The van der Waals surface area contributed by atoms with Gasteiger partial charge in [-0.05, 0) is 103 Å². The summed E-state index contributed by atoms with van der Waals surface area (Å²) in [6, 6.07) is 22.6. The first kappa shape index (κ1) is 25.5. The maximum atomic E-state index is 6.57. The monoisotopic (exact) mass is 511 g/mol. The van der Waals surface area contributed by atoms with E-state index >= 15 is 0 Å². The molecular formula is C30H35B2NO5. The van der Waals surface area contributed by atoms with E-state index in [0.29, 0.717) is 0 Å². The van der Waals surface area contributed by atoms with Crippen LogP contribution in [0.25, 0.3) is 0 Å². The van der Waals surface area contributed by atoms with E-state index in [0.717, 1.165) is 39.5 Å². The van der Waals surface area contributed by atoms with Gasteiger partial charge in [0.05, 0.1) is 33.8 Å².